The van der Waals surface area contributed by atoms with Crippen LogP contribution in [0, 0.1) is 25.7 Å². The van der Waals surface area contributed by atoms with E-state index in [0.29, 0.717) is 6.04 Å². The molecule has 0 amide bonds. The summed E-state index contributed by atoms with van der Waals surface area (Å²) in [6.07, 6.45) is 8.99. The Kier molecular flexibility index (Phi) is 5.25. The second-order valence-corrected chi connectivity index (χ2v) is 6.66. The lowest BCUT2D eigenvalue weighted by atomic mass is 9.76. The maximum absolute atomic E-state index is 6.46. The average Bonchev–Trinajstić information content (AvgIpc) is 2.70. The summed E-state index contributed by atoms with van der Waals surface area (Å²) in [5.41, 5.74) is 10.3. The highest BCUT2D eigenvalue weighted by Gasteiger charge is 2.25. The van der Waals surface area contributed by atoms with E-state index in [1.165, 1.54) is 49.1 Å². The third-order valence-electron chi connectivity index (χ3n) is 5.46. The Bertz CT molecular complexity index is 428. The number of nitrogens with zero attached hydrogens (tertiary/aromatic N) is 2. The number of aromatic nitrogens is 2. The summed E-state index contributed by atoms with van der Waals surface area (Å²) in [5, 5.41) is 4.50. The van der Waals surface area contributed by atoms with Gasteiger partial charge in [0.15, 0.2) is 0 Å². The highest BCUT2D eigenvalue weighted by atomic mass is 15.3. The van der Waals surface area contributed by atoms with Crippen LogP contribution in [0.4, 0.5) is 0 Å². The van der Waals surface area contributed by atoms with Crippen LogP contribution in [0.2, 0.25) is 0 Å². The van der Waals surface area contributed by atoms with Gasteiger partial charge in [0.1, 0.15) is 0 Å². The molecule has 2 rings (SSSR count). The Balaban J connectivity index is 1.85. The van der Waals surface area contributed by atoms with E-state index < -0.39 is 0 Å². The largest absolute Gasteiger partial charge is 0.327 e. The fourth-order valence-electron chi connectivity index (χ4n) is 3.75. The predicted molar refractivity (Wildman–Crippen MR) is 84.7 cm³/mol. The van der Waals surface area contributed by atoms with E-state index in [-0.39, 0.29) is 0 Å². The Morgan fingerprint density at radius 2 is 1.90 bits per heavy atom. The summed E-state index contributed by atoms with van der Waals surface area (Å²) in [4.78, 5) is 0. The number of nitrogens with two attached hydrogens (primary N) is 1. The molecule has 1 aromatic heterocycles. The van der Waals surface area contributed by atoms with Crippen LogP contribution < -0.4 is 5.73 Å². The van der Waals surface area contributed by atoms with Crippen LogP contribution in [0.15, 0.2) is 0 Å². The van der Waals surface area contributed by atoms with Gasteiger partial charge in [0.25, 0.3) is 0 Å². The zero-order valence-corrected chi connectivity index (χ0v) is 13.7. The van der Waals surface area contributed by atoms with E-state index in [0.717, 1.165) is 24.7 Å². The predicted octanol–water partition coefficient (Wildman–Crippen LogP) is 3.51. The van der Waals surface area contributed by atoms with Gasteiger partial charge in [0, 0.05) is 18.8 Å². The minimum absolute atomic E-state index is 0.367. The zero-order valence-electron chi connectivity index (χ0n) is 13.7. The summed E-state index contributed by atoms with van der Waals surface area (Å²) in [6.45, 7) is 6.59. The van der Waals surface area contributed by atoms with Gasteiger partial charge in [0.2, 0.25) is 0 Å². The number of rotatable bonds is 5. The number of hydrogen-bond acceptors (Lipinski definition) is 2. The maximum atomic E-state index is 6.46. The van der Waals surface area contributed by atoms with Crippen molar-refractivity contribution in [3.05, 3.63) is 17.0 Å². The minimum atomic E-state index is 0.367. The van der Waals surface area contributed by atoms with E-state index in [1.54, 1.807) is 0 Å². The molecule has 114 valence electrons. The molecule has 0 aromatic carbocycles. The summed E-state index contributed by atoms with van der Waals surface area (Å²) in [7, 11) is 2.03. The first-order chi connectivity index (χ1) is 9.52. The Labute approximate surface area is 123 Å². The van der Waals surface area contributed by atoms with Gasteiger partial charge >= 0.3 is 0 Å². The molecule has 2 N–H and O–H groups in total. The van der Waals surface area contributed by atoms with Crippen LogP contribution >= 0.6 is 0 Å². The molecule has 20 heavy (non-hydrogen) atoms. The van der Waals surface area contributed by atoms with Gasteiger partial charge < -0.3 is 5.73 Å². The summed E-state index contributed by atoms with van der Waals surface area (Å²) in [6, 6.07) is 0.367. The SMILES string of the molecule is CCC1CCC(C(N)CCc2c(C)nn(C)c2C)CC1. The van der Waals surface area contributed by atoms with Crippen molar-refractivity contribution in [2.24, 2.45) is 24.6 Å². The molecule has 0 radical (unpaired) electrons. The van der Waals surface area contributed by atoms with Crippen molar-refractivity contribution in [1.29, 1.82) is 0 Å². The van der Waals surface area contributed by atoms with Crippen molar-refractivity contribution in [1.82, 2.24) is 9.78 Å². The first kappa shape index (κ1) is 15.6. The van der Waals surface area contributed by atoms with Gasteiger partial charge in [-0.25, -0.2) is 0 Å². The molecular weight excluding hydrogens is 246 g/mol. The number of hydrogen-bond donors (Lipinski definition) is 1. The smallest absolute Gasteiger partial charge is 0.0628 e. The third-order valence-corrected chi connectivity index (χ3v) is 5.46. The minimum Gasteiger partial charge on any atom is -0.327 e. The van der Waals surface area contributed by atoms with Gasteiger partial charge in [-0.2, -0.15) is 5.10 Å². The molecule has 3 nitrogen and oxygen atoms in total. The van der Waals surface area contributed by atoms with Crippen molar-refractivity contribution in [2.75, 3.05) is 0 Å². The molecule has 0 aliphatic heterocycles. The lowest BCUT2D eigenvalue weighted by Gasteiger charge is -2.31. The normalized spacial score (nSPS) is 24.9. The fraction of sp³-hybridized carbons (Fsp3) is 0.824. The van der Waals surface area contributed by atoms with E-state index in [1.807, 2.05) is 11.7 Å². The van der Waals surface area contributed by atoms with Crippen molar-refractivity contribution >= 4 is 0 Å². The molecule has 1 unspecified atom stereocenters. The summed E-state index contributed by atoms with van der Waals surface area (Å²) in [5.74, 6) is 1.70. The van der Waals surface area contributed by atoms with Gasteiger partial charge in [-0.15, -0.1) is 0 Å². The van der Waals surface area contributed by atoms with Gasteiger partial charge in [-0.1, -0.05) is 26.2 Å². The topological polar surface area (TPSA) is 43.8 Å². The van der Waals surface area contributed by atoms with Crippen LogP contribution in [0.1, 0.15) is 62.4 Å². The van der Waals surface area contributed by atoms with Crippen LogP contribution in [0.3, 0.4) is 0 Å². The molecule has 0 saturated heterocycles. The maximum Gasteiger partial charge on any atom is 0.0628 e. The monoisotopic (exact) mass is 277 g/mol. The summed E-state index contributed by atoms with van der Waals surface area (Å²) < 4.78 is 1.99. The molecule has 1 aliphatic rings. The second kappa shape index (κ2) is 6.75. The average molecular weight is 277 g/mol. The van der Waals surface area contributed by atoms with Crippen LogP contribution in [0.5, 0.6) is 0 Å². The molecule has 1 saturated carbocycles. The molecule has 3 heteroatoms. The van der Waals surface area contributed by atoms with E-state index in [9.17, 15) is 0 Å². The highest BCUT2D eigenvalue weighted by molar-refractivity contribution is 5.24. The molecule has 1 aromatic rings. The van der Waals surface area contributed by atoms with E-state index >= 15 is 0 Å². The van der Waals surface area contributed by atoms with Crippen molar-refractivity contribution in [3.63, 3.8) is 0 Å². The lowest BCUT2D eigenvalue weighted by molar-refractivity contribution is 0.233. The second-order valence-electron chi connectivity index (χ2n) is 6.66. The Morgan fingerprint density at radius 3 is 2.40 bits per heavy atom. The first-order valence-corrected chi connectivity index (χ1v) is 8.27. The number of aryl methyl sites for hydroxylation is 2. The zero-order chi connectivity index (χ0) is 14.7. The van der Waals surface area contributed by atoms with Crippen LogP contribution in [0.25, 0.3) is 0 Å². The lowest BCUT2D eigenvalue weighted by Crippen LogP contribution is -2.33. The molecule has 1 fully saturated rings. The molecule has 0 bridgehead atoms. The van der Waals surface area contributed by atoms with Gasteiger partial charge in [-0.3, -0.25) is 4.68 Å². The van der Waals surface area contributed by atoms with Crippen molar-refractivity contribution in [3.8, 4) is 0 Å². The third kappa shape index (κ3) is 3.43. The van der Waals surface area contributed by atoms with Crippen molar-refractivity contribution < 1.29 is 0 Å². The van der Waals surface area contributed by atoms with Crippen molar-refractivity contribution in [2.45, 2.75) is 71.8 Å². The quantitative estimate of drug-likeness (QED) is 0.895. The van der Waals surface area contributed by atoms with E-state index in [2.05, 4.69) is 25.9 Å². The van der Waals surface area contributed by atoms with Crippen LogP contribution in [-0.2, 0) is 13.5 Å². The van der Waals surface area contributed by atoms with Gasteiger partial charge in [0.05, 0.1) is 5.69 Å². The first-order valence-electron chi connectivity index (χ1n) is 8.27. The molecule has 0 spiro atoms. The van der Waals surface area contributed by atoms with E-state index in [4.69, 9.17) is 5.73 Å². The Hall–Kier alpha value is -0.830. The summed E-state index contributed by atoms with van der Waals surface area (Å²) >= 11 is 0. The molecular formula is C17H31N3. The fourth-order valence-corrected chi connectivity index (χ4v) is 3.75. The molecule has 1 heterocycles. The molecule has 1 atom stereocenters. The standard InChI is InChI=1S/C17H31N3/c1-5-14-6-8-15(9-7-14)17(18)11-10-16-12(2)19-20(4)13(16)3/h14-15,17H,5-11,18H2,1-4H3. The highest BCUT2D eigenvalue weighted by Crippen LogP contribution is 2.33. The van der Waals surface area contributed by atoms with Crippen LogP contribution in [-0.4, -0.2) is 15.8 Å². The molecule has 1 aliphatic carbocycles. The Morgan fingerprint density at radius 1 is 1.25 bits per heavy atom. The van der Waals surface area contributed by atoms with Gasteiger partial charge in [-0.05, 0) is 56.9 Å².